The highest BCUT2D eigenvalue weighted by Crippen LogP contribution is 2.31. The third-order valence-corrected chi connectivity index (χ3v) is 2.21. The van der Waals surface area contributed by atoms with Gasteiger partial charge < -0.3 is 20.7 Å². The van der Waals surface area contributed by atoms with E-state index in [1.165, 1.54) is 6.07 Å². The summed E-state index contributed by atoms with van der Waals surface area (Å²) in [6, 6.07) is 4.59. The molecule has 16 heavy (non-hydrogen) atoms. The zero-order chi connectivity index (χ0) is 12.3. The number of nitrogen functional groups attached to an aromatic ring is 1. The number of ether oxygens (including phenoxy) is 1. The van der Waals surface area contributed by atoms with Gasteiger partial charge in [-0.15, -0.1) is 0 Å². The lowest BCUT2D eigenvalue weighted by Crippen LogP contribution is -2.30. The summed E-state index contributed by atoms with van der Waals surface area (Å²) in [5.41, 5.74) is 4.68. The number of benzene rings is 1. The lowest BCUT2D eigenvalue weighted by Gasteiger charge is -2.20. The largest absolute Gasteiger partial charge is 0.506 e. The fourth-order valence-electron chi connectivity index (χ4n) is 0.978. The van der Waals surface area contributed by atoms with Crippen molar-refractivity contribution in [3.63, 3.8) is 0 Å². The number of aromatic hydroxyl groups is 1. The first-order valence-corrected chi connectivity index (χ1v) is 4.78. The Hall–Kier alpha value is -1.91. The monoisotopic (exact) mass is 225 g/mol. The lowest BCUT2D eigenvalue weighted by molar-refractivity contribution is -0.148. The van der Waals surface area contributed by atoms with Crippen molar-refractivity contribution in [2.75, 3.05) is 12.3 Å². The standard InChI is InChI=1S/C11H15NO4/c1-11(2,10(14)15)6-16-8-5-3-4-7(13)9(8)12/h3-5,13H,6,12H2,1-2H3,(H,14,15). The number of rotatable bonds is 4. The number of nitrogens with two attached hydrogens (primary N) is 1. The molecule has 0 amide bonds. The van der Waals surface area contributed by atoms with E-state index < -0.39 is 11.4 Å². The molecular formula is C11H15NO4. The zero-order valence-electron chi connectivity index (χ0n) is 9.23. The van der Waals surface area contributed by atoms with E-state index in [2.05, 4.69) is 0 Å². The number of phenolic OH excluding ortho intramolecular Hbond substituents is 1. The van der Waals surface area contributed by atoms with Gasteiger partial charge in [0, 0.05) is 0 Å². The van der Waals surface area contributed by atoms with E-state index in [9.17, 15) is 9.90 Å². The van der Waals surface area contributed by atoms with Gasteiger partial charge in [-0.1, -0.05) is 6.07 Å². The van der Waals surface area contributed by atoms with E-state index in [1.807, 2.05) is 0 Å². The summed E-state index contributed by atoms with van der Waals surface area (Å²) >= 11 is 0. The van der Waals surface area contributed by atoms with Gasteiger partial charge in [-0.25, -0.2) is 0 Å². The van der Waals surface area contributed by atoms with Gasteiger partial charge in [0.05, 0.1) is 5.41 Å². The van der Waals surface area contributed by atoms with E-state index in [1.54, 1.807) is 26.0 Å². The first-order chi connectivity index (χ1) is 7.34. The molecule has 5 nitrogen and oxygen atoms in total. The topological polar surface area (TPSA) is 92.8 Å². The van der Waals surface area contributed by atoms with E-state index in [0.29, 0.717) is 0 Å². The predicted octanol–water partition coefficient (Wildman–Crippen LogP) is 1.46. The lowest BCUT2D eigenvalue weighted by atomic mass is 9.95. The number of carboxylic acids is 1. The molecule has 0 aliphatic carbocycles. The summed E-state index contributed by atoms with van der Waals surface area (Å²) in [6.07, 6.45) is 0. The summed E-state index contributed by atoms with van der Waals surface area (Å²) in [7, 11) is 0. The van der Waals surface area contributed by atoms with Crippen molar-refractivity contribution in [2.45, 2.75) is 13.8 Å². The van der Waals surface area contributed by atoms with Crippen molar-refractivity contribution in [1.82, 2.24) is 0 Å². The van der Waals surface area contributed by atoms with Crippen LogP contribution < -0.4 is 10.5 Å². The molecular weight excluding hydrogens is 210 g/mol. The minimum Gasteiger partial charge on any atom is -0.506 e. The Morgan fingerprint density at radius 1 is 1.50 bits per heavy atom. The molecule has 0 fully saturated rings. The Balaban J connectivity index is 2.76. The highest BCUT2D eigenvalue weighted by molar-refractivity contribution is 5.73. The highest BCUT2D eigenvalue weighted by Gasteiger charge is 2.28. The second-order valence-corrected chi connectivity index (χ2v) is 4.17. The van der Waals surface area contributed by atoms with Crippen molar-refractivity contribution in [2.24, 2.45) is 5.41 Å². The van der Waals surface area contributed by atoms with Gasteiger partial charge in [0.25, 0.3) is 0 Å². The molecule has 0 radical (unpaired) electrons. The SMILES string of the molecule is CC(C)(COc1cccc(O)c1N)C(=O)O. The number of para-hydroxylation sites is 1. The molecule has 0 aliphatic rings. The van der Waals surface area contributed by atoms with Gasteiger partial charge in [-0.3, -0.25) is 4.79 Å². The summed E-state index contributed by atoms with van der Waals surface area (Å²) in [5.74, 6) is -0.744. The Morgan fingerprint density at radius 3 is 2.69 bits per heavy atom. The molecule has 0 spiro atoms. The zero-order valence-corrected chi connectivity index (χ0v) is 9.23. The van der Waals surface area contributed by atoms with Crippen molar-refractivity contribution in [3.8, 4) is 11.5 Å². The molecule has 5 heteroatoms. The number of hydrogen-bond acceptors (Lipinski definition) is 4. The van der Waals surface area contributed by atoms with Gasteiger partial charge in [0.15, 0.2) is 0 Å². The number of phenols is 1. The van der Waals surface area contributed by atoms with Crippen LogP contribution in [-0.4, -0.2) is 22.8 Å². The van der Waals surface area contributed by atoms with Crippen LogP contribution in [0.1, 0.15) is 13.8 Å². The summed E-state index contributed by atoms with van der Waals surface area (Å²) in [6.45, 7) is 3.08. The molecule has 0 aromatic heterocycles. The highest BCUT2D eigenvalue weighted by atomic mass is 16.5. The van der Waals surface area contributed by atoms with Crippen molar-refractivity contribution in [1.29, 1.82) is 0 Å². The van der Waals surface area contributed by atoms with Crippen LogP contribution in [-0.2, 0) is 4.79 Å². The van der Waals surface area contributed by atoms with E-state index in [-0.39, 0.29) is 23.8 Å². The normalized spacial score (nSPS) is 11.1. The van der Waals surface area contributed by atoms with Crippen LogP contribution >= 0.6 is 0 Å². The quantitative estimate of drug-likeness (QED) is 0.533. The average molecular weight is 225 g/mol. The Kier molecular flexibility index (Phi) is 3.27. The summed E-state index contributed by atoms with van der Waals surface area (Å²) < 4.78 is 5.28. The van der Waals surface area contributed by atoms with Crippen molar-refractivity contribution >= 4 is 11.7 Å². The maximum absolute atomic E-state index is 10.8. The van der Waals surface area contributed by atoms with Crippen LogP contribution in [0.3, 0.4) is 0 Å². The molecule has 0 bridgehead atoms. The van der Waals surface area contributed by atoms with Crippen LogP contribution in [0.25, 0.3) is 0 Å². The molecule has 88 valence electrons. The fraction of sp³-hybridized carbons (Fsp3) is 0.364. The van der Waals surface area contributed by atoms with Gasteiger partial charge >= 0.3 is 5.97 Å². The van der Waals surface area contributed by atoms with Gasteiger partial charge in [-0.05, 0) is 26.0 Å². The number of aliphatic carboxylic acids is 1. The maximum Gasteiger partial charge on any atom is 0.312 e. The van der Waals surface area contributed by atoms with E-state index in [0.717, 1.165) is 0 Å². The number of carbonyl (C=O) groups is 1. The second kappa shape index (κ2) is 4.30. The number of hydrogen-bond donors (Lipinski definition) is 3. The van der Waals surface area contributed by atoms with Crippen LogP contribution in [0.2, 0.25) is 0 Å². The first kappa shape index (κ1) is 12.2. The number of anilines is 1. The third-order valence-electron chi connectivity index (χ3n) is 2.21. The van der Waals surface area contributed by atoms with Crippen LogP contribution in [0.15, 0.2) is 18.2 Å². The van der Waals surface area contributed by atoms with Crippen LogP contribution in [0.5, 0.6) is 11.5 Å². The fourth-order valence-corrected chi connectivity index (χ4v) is 0.978. The molecule has 1 aromatic rings. The molecule has 0 saturated carbocycles. The molecule has 0 atom stereocenters. The van der Waals surface area contributed by atoms with Crippen LogP contribution in [0.4, 0.5) is 5.69 Å². The van der Waals surface area contributed by atoms with E-state index >= 15 is 0 Å². The Morgan fingerprint density at radius 2 is 2.12 bits per heavy atom. The Bertz CT molecular complexity index is 401. The Labute approximate surface area is 93.5 Å². The van der Waals surface area contributed by atoms with E-state index in [4.69, 9.17) is 15.6 Å². The molecule has 4 N–H and O–H groups in total. The van der Waals surface area contributed by atoms with Crippen LogP contribution in [0, 0.1) is 5.41 Å². The average Bonchev–Trinajstić information content (AvgIpc) is 2.20. The third kappa shape index (κ3) is 2.56. The van der Waals surface area contributed by atoms with Gasteiger partial charge in [0.1, 0.15) is 23.8 Å². The molecule has 1 aromatic carbocycles. The molecule has 0 unspecified atom stereocenters. The minimum absolute atomic E-state index is 0.0179. The van der Waals surface area contributed by atoms with Gasteiger partial charge in [-0.2, -0.15) is 0 Å². The molecule has 0 aliphatic heterocycles. The van der Waals surface area contributed by atoms with Crippen molar-refractivity contribution in [3.05, 3.63) is 18.2 Å². The molecule has 0 heterocycles. The smallest absolute Gasteiger partial charge is 0.312 e. The number of carboxylic acid groups (broad SMARTS) is 1. The minimum atomic E-state index is -1.00. The second-order valence-electron chi connectivity index (χ2n) is 4.17. The summed E-state index contributed by atoms with van der Waals surface area (Å²) in [5, 5.41) is 18.2. The molecule has 1 rings (SSSR count). The maximum atomic E-state index is 10.8. The predicted molar refractivity (Wildman–Crippen MR) is 59.4 cm³/mol. The van der Waals surface area contributed by atoms with Gasteiger partial charge in [0.2, 0.25) is 0 Å². The van der Waals surface area contributed by atoms with Crippen molar-refractivity contribution < 1.29 is 19.7 Å². The first-order valence-electron chi connectivity index (χ1n) is 4.78. The molecule has 0 saturated heterocycles. The summed E-state index contributed by atoms with van der Waals surface area (Å²) in [4.78, 5) is 10.8.